The van der Waals surface area contributed by atoms with Gasteiger partial charge in [0.05, 0.1) is 5.69 Å². The Balaban J connectivity index is 1.83. The summed E-state index contributed by atoms with van der Waals surface area (Å²) >= 11 is 0. The highest BCUT2D eigenvalue weighted by atomic mass is 16.1. The largest absolute Gasteiger partial charge is 0.357 e. The molecule has 4 heteroatoms. The van der Waals surface area contributed by atoms with Crippen LogP contribution in [0.4, 0.5) is 5.82 Å². The van der Waals surface area contributed by atoms with Gasteiger partial charge in [-0.25, -0.2) is 4.98 Å². The molecule has 0 atom stereocenters. The molecule has 2 aromatic heterocycles. The lowest BCUT2D eigenvalue weighted by Gasteiger charge is -2.06. The van der Waals surface area contributed by atoms with Crippen molar-refractivity contribution in [3.05, 3.63) is 72.6 Å². The van der Waals surface area contributed by atoms with Crippen LogP contribution in [0.2, 0.25) is 0 Å². The second kappa shape index (κ2) is 5.40. The van der Waals surface area contributed by atoms with Crippen LogP contribution in [-0.2, 0) is 0 Å². The number of carbonyl (C=O) groups is 1. The molecule has 0 saturated heterocycles. The van der Waals surface area contributed by atoms with Gasteiger partial charge >= 0.3 is 0 Å². The molecule has 0 bridgehead atoms. The fourth-order valence-electron chi connectivity index (χ4n) is 1.93. The number of nitrogens with one attached hydrogen (secondary N) is 2. The maximum atomic E-state index is 11.9. The number of hydrogen-bond donors (Lipinski definition) is 2. The topological polar surface area (TPSA) is 57.8 Å². The number of anilines is 1. The smallest absolute Gasteiger partial charge is 0.273 e. The molecular formula is C16H13N3O. The summed E-state index contributed by atoms with van der Waals surface area (Å²) in [6.45, 7) is 0. The summed E-state index contributed by atoms with van der Waals surface area (Å²) in [6, 6.07) is 18.9. The van der Waals surface area contributed by atoms with Crippen molar-refractivity contribution < 1.29 is 4.79 Å². The quantitative estimate of drug-likeness (QED) is 0.761. The molecule has 20 heavy (non-hydrogen) atoms. The molecular weight excluding hydrogens is 250 g/mol. The summed E-state index contributed by atoms with van der Waals surface area (Å²) < 4.78 is 0. The van der Waals surface area contributed by atoms with E-state index < -0.39 is 0 Å². The van der Waals surface area contributed by atoms with E-state index in [1.807, 2.05) is 42.5 Å². The number of rotatable bonds is 3. The van der Waals surface area contributed by atoms with Crippen molar-refractivity contribution in [3.63, 3.8) is 0 Å². The number of carbonyl (C=O) groups excluding carboxylic acids is 1. The van der Waals surface area contributed by atoms with Crippen LogP contribution in [-0.4, -0.2) is 15.9 Å². The van der Waals surface area contributed by atoms with E-state index in [1.54, 1.807) is 24.4 Å². The Morgan fingerprint density at radius 3 is 2.55 bits per heavy atom. The number of amides is 1. The molecule has 0 unspecified atom stereocenters. The number of aromatic amines is 1. The van der Waals surface area contributed by atoms with E-state index in [-0.39, 0.29) is 5.91 Å². The van der Waals surface area contributed by atoms with Crippen molar-refractivity contribution >= 4 is 11.7 Å². The van der Waals surface area contributed by atoms with Crippen LogP contribution in [0, 0.1) is 0 Å². The molecule has 4 nitrogen and oxygen atoms in total. The van der Waals surface area contributed by atoms with Crippen LogP contribution in [0.3, 0.4) is 0 Å². The van der Waals surface area contributed by atoms with Crippen molar-refractivity contribution in [2.45, 2.75) is 0 Å². The normalized spacial score (nSPS) is 10.2. The third-order valence-corrected chi connectivity index (χ3v) is 2.90. The van der Waals surface area contributed by atoms with Gasteiger partial charge in [-0.05, 0) is 24.3 Å². The zero-order valence-corrected chi connectivity index (χ0v) is 10.7. The van der Waals surface area contributed by atoms with Gasteiger partial charge in [0.1, 0.15) is 11.5 Å². The fourth-order valence-corrected chi connectivity index (χ4v) is 1.93. The lowest BCUT2D eigenvalue weighted by Crippen LogP contribution is -2.13. The molecule has 0 aliphatic heterocycles. The maximum Gasteiger partial charge on any atom is 0.273 e. The van der Waals surface area contributed by atoms with Gasteiger partial charge in [0, 0.05) is 11.8 Å². The van der Waals surface area contributed by atoms with Crippen LogP contribution in [0.25, 0.3) is 11.3 Å². The SMILES string of the molecule is O=C(Nc1cccc(-c2ccccc2)n1)c1ccc[nH]1. The summed E-state index contributed by atoms with van der Waals surface area (Å²) in [7, 11) is 0. The van der Waals surface area contributed by atoms with Crippen molar-refractivity contribution in [3.8, 4) is 11.3 Å². The zero-order chi connectivity index (χ0) is 13.8. The van der Waals surface area contributed by atoms with Gasteiger partial charge < -0.3 is 10.3 Å². The third-order valence-electron chi connectivity index (χ3n) is 2.90. The van der Waals surface area contributed by atoms with Gasteiger partial charge in [0.25, 0.3) is 5.91 Å². The average Bonchev–Trinajstić information content (AvgIpc) is 3.03. The van der Waals surface area contributed by atoms with E-state index in [0.29, 0.717) is 11.5 Å². The lowest BCUT2D eigenvalue weighted by atomic mass is 10.1. The second-order valence-electron chi connectivity index (χ2n) is 4.31. The summed E-state index contributed by atoms with van der Waals surface area (Å²) in [6.07, 6.45) is 1.71. The second-order valence-corrected chi connectivity index (χ2v) is 4.31. The Hall–Kier alpha value is -2.88. The van der Waals surface area contributed by atoms with Crippen molar-refractivity contribution in [2.75, 3.05) is 5.32 Å². The minimum atomic E-state index is -0.201. The molecule has 1 amide bonds. The van der Waals surface area contributed by atoms with Gasteiger partial charge in [-0.3, -0.25) is 4.79 Å². The first-order valence-corrected chi connectivity index (χ1v) is 6.30. The highest BCUT2D eigenvalue weighted by Crippen LogP contribution is 2.18. The van der Waals surface area contributed by atoms with Gasteiger partial charge in [-0.15, -0.1) is 0 Å². The van der Waals surface area contributed by atoms with Crippen LogP contribution in [0.1, 0.15) is 10.5 Å². The molecule has 0 aliphatic rings. The molecule has 0 spiro atoms. The molecule has 0 aliphatic carbocycles. The molecule has 98 valence electrons. The standard InChI is InChI=1S/C16H13N3O/c20-16(14-9-5-11-17-14)19-15-10-4-8-13(18-15)12-6-2-1-3-7-12/h1-11,17H,(H,18,19,20). The first-order valence-electron chi connectivity index (χ1n) is 6.30. The van der Waals surface area contributed by atoms with E-state index in [4.69, 9.17) is 0 Å². The molecule has 0 radical (unpaired) electrons. The average molecular weight is 263 g/mol. The summed E-state index contributed by atoms with van der Waals surface area (Å²) in [5, 5.41) is 2.77. The predicted molar refractivity (Wildman–Crippen MR) is 78.4 cm³/mol. The zero-order valence-electron chi connectivity index (χ0n) is 10.7. The van der Waals surface area contributed by atoms with Crippen molar-refractivity contribution in [1.29, 1.82) is 0 Å². The molecule has 0 saturated carbocycles. The number of aromatic nitrogens is 2. The summed E-state index contributed by atoms with van der Waals surface area (Å²) in [5.74, 6) is 0.332. The minimum Gasteiger partial charge on any atom is -0.357 e. The van der Waals surface area contributed by atoms with Gasteiger partial charge in [-0.1, -0.05) is 36.4 Å². The first-order chi connectivity index (χ1) is 9.83. The van der Waals surface area contributed by atoms with Crippen LogP contribution < -0.4 is 5.32 Å². The number of benzene rings is 1. The molecule has 3 rings (SSSR count). The van der Waals surface area contributed by atoms with Crippen LogP contribution >= 0.6 is 0 Å². The van der Waals surface area contributed by atoms with E-state index in [2.05, 4.69) is 15.3 Å². The van der Waals surface area contributed by atoms with E-state index in [1.165, 1.54) is 0 Å². The molecule has 3 aromatic rings. The first kappa shape index (κ1) is 12.2. The number of H-pyrrole nitrogens is 1. The molecule has 2 heterocycles. The summed E-state index contributed by atoms with van der Waals surface area (Å²) in [5.41, 5.74) is 2.36. The van der Waals surface area contributed by atoms with Gasteiger partial charge in [-0.2, -0.15) is 0 Å². The van der Waals surface area contributed by atoms with Crippen LogP contribution in [0.5, 0.6) is 0 Å². The number of pyridine rings is 1. The Labute approximate surface area is 116 Å². The Morgan fingerprint density at radius 1 is 0.950 bits per heavy atom. The summed E-state index contributed by atoms with van der Waals surface area (Å²) in [4.78, 5) is 19.3. The molecule has 1 aromatic carbocycles. The Bertz CT molecular complexity index is 706. The number of hydrogen-bond acceptors (Lipinski definition) is 2. The van der Waals surface area contributed by atoms with Crippen molar-refractivity contribution in [1.82, 2.24) is 9.97 Å². The molecule has 2 N–H and O–H groups in total. The molecule has 0 fully saturated rings. The number of nitrogens with zero attached hydrogens (tertiary/aromatic N) is 1. The predicted octanol–water partition coefficient (Wildman–Crippen LogP) is 3.33. The maximum absolute atomic E-state index is 11.9. The fraction of sp³-hybridized carbons (Fsp3) is 0. The van der Waals surface area contributed by atoms with Crippen molar-refractivity contribution in [2.24, 2.45) is 0 Å². The van der Waals surface area contributed by atoms with Gasteiger partial charge in [0.15, 0.2) is 0 Å². The van der Waals surface area contributed by atoms with Crippen LogP contribution in [0.15, 0.2) is 66.9 Å². The highest BCUT2D eigenvalue weighted by Gasteiger charge is 2.07. The Morgan fingerprint density at radius 2 is 1.80 bits per heavy atom. The lowest BCUT2D eigenvalue weighted by molar-refractivity contribution is 0.102. The third kappa shape index (κ3) is 2.59. The minimum absolute atomic E-state index is 0.201. The van der Waals surface area contributed by atoms with Gasteiger partial charge in [0.2, 0.25) is 0 Å². The van der Waals surface area contributed by atoms with E-state index in [9.17, 15) is 4.79 Å². The van der Waals surface area contributed by atoms with E-state index >= 15 is 0 Å². The van der Waals surface area contributed by atoms with E-state index in [0.717, 1.165) is 11.3 Å². The highest BCUT2D eigenvalue weighted by molar-refractivity contribution is 6.02. The monoisotopic (exact) mass is 263 g/mol. The Kier molecular flexibility index (Phi) is 3.29.